The van der Waals surface area contributed by atoms with E-state index in [9.17, 15) is 4.79 Å². The first-order chi connectivity index (χ1) is 9.74. The average molecular weight is 280 g/mol. The van der Waals surface area contributed by atoms with Crippen molar-refractivity contribution in [3.63, 3.8) is 0 Å². The second-order valence-electron chi connectivity index (χ2n) is 6.61. The van der Waals surface area contributed by atoms with Gasteiger partial charge in [0.2, 0.25) is 5.91 Å². The van der Waals surface area contributed by atoms with Gasteiger partial charge in [0, 0.05) is 26.2 Å². The Morgan fingerprint density at radius 3 is 2.40 bits per heavy atom. The number of rotatable bonds is 5. The molecule has 0 radical (unpaired) electrons. The summed E-state index contributed by atoms with van der Waals surface area (Å²) in [5.74, 6) is 1.54. The van der Waals surface area contributed by atoms with Gasteiger partial charge >= 0.3 is 0 Å². The van der Waals surface area contributed by atoms with Crippen LogP contribution < -0.4 is 0 Å². The van der Waals surface area contributed by atoms with Crippen molar-refractivity contribution < 1.29 is 4.79 Å². The quantitative estimate of drug-likeness (QED) is 0.772. The number of amides is 1. The lowest BCUT2D eigenvalue weighted by molar-refractivity contribution is -0.137. The standard InChI is InChI=1S/C17H32N2O/c1-3-19(4-2)17(20)16-11-8-12-18(14-16)13-15-9-6-5-7-10-15/h15-16H,3-14H2,1-2H3/t16-/m1/s1. The zero-order valence-electron chi connectivity index (χ0n) is 13.4. The first-order valence-corrected chi connectivity index (χ1v) is 8.75. The molecule has 1 aliphatic heterocycles. The summed E-state index contributed by atoms with van der Waals surface area (Å²) in [7, 11) is 0. The Morgan fingerprint density at radius 1 is 1.05 bits per heavy atom. The van der Waals surface area contributed by atoms with E-state index in [0.29, 0.717) is 5.91 Å². The lowest BCUT2D eigenvalue weighted by atomic mass is 9.87. The normalized spacial score (nSPS) is 25.6. The Kier molecular flexibility index (Phi) is 6.34. The molecule has 0 aromatic heterocycles. The number of likely N-dealkylation sites (tertiary alicyclic amines) is 1. The summed E-state index contributed by atoms with van der Waals surface area (Å²) < 4.78 is 0. The van der Waals surface area contributed by atoms with E-state index in [-0.39, 0.29) is 5.92 Å². The van der Waals surface area contributed by atoms with Crippen molar-refractivity contribution in [3.05, 3.63) is 0 Å². The molecule has 1 aliphatic carbocycles. The van der Waals surface area contributed by atoms with Gasteiger partial charge < -0.3 is 9.80 Å². The minimum atomic E-state index is 0.257. The molecule has 2 rings (SSSR count). The van der Waals surface area contributed by atoms with Crippen molar-refractivity contribution in [2.24, 2.45) is 11.8 Å². The predicted molar refractivity (Wildman–Crippen MR) is 83.7 cm³/mol. The fourth-order valence-corrected chi connectivity index (χ4v) is 3.95. The molecule has 2 aliphatic rings. The van der Waals surface area contributed by atoms with Gasteiger partial charge in [0.05, 0.1) is 5.92 Å². The van der Waals surface area contributed by atoms with E-state index >= 15 is 0 Å². The Morgan fingerprint density at radius 2 is 1.75 bits per heavy atom. The smallest absolute Gasteiger partial charge is 0.226 e. The van der Waals surface area contributed by atoms with E-state index in [1.165, 1.54) is 51.6 Å². The molecule has 20 heavy (non-hydrogen) atoms. The number of carbonyl (C=O) groups is 1. The van der Waals surface area contributed by atoms with Gasteiger partial charge in [0.1, 0.15) is 0 Å². The van der Waals surface area contributed by atoms with E-state index < -0.39 is 0 Å². The van der Waals surface area contributed by atoms with Crippen LogP contribution in [0.4, 0.5) is 0 Å². The van der Waals surface area contributed by atoms with Crippen molar-refractivity contribution in [2.75, 3.05) is 32.7 Å². The van der Waals surface area contributed by atoms with E-state index in [1.807, 2.05) is 4.90 Å². The van der Waals surface area contributed by atoms with Crippen LogP contribution in [0.3, 0.4) is 0 Å². The Bertz CT molecular complexity index is 295. The van der Waals surface area contributed by atoms with E-state index in [4.69, 9.17) is 0 Å². The largest absolute Gasteiger partial charge is 0.343 e. The second-order valence-corrected chi connectivity index (χ2v) is 6.61. The third-order valence-electron chi connectivity index (χ3n) is 5.17. The molecule has 1 atom stereocenters. The van der Waals surface area contributed by atoms with Crippen LogP contribution in [0.15, 0.2) is 0 Å². The van der Waals surface area contributed by atoms with Gasteiger partial charge in [-0.25, -0.2) is 0 Å². The topological polar surface area (TPSA) is 23.6 Å². The van der Waals surface area contributed by atoms with Crippen LogP contribution in [0.5, 0.6) is 0 Å². The first-order valence-electron chi connectivity index (χ1n) is 8.75. The summed E-state index contributed by atoms with van der Waals surface area (Å²) in [6.07, 6.45) is 9.37. The molecule has 0 unspecified atom stereocenters. The zero-order chi connectivity index (χ0) is 14.4. The maximum atomic E-state index is 12.5. The number of hydrogen-bond donors (Lipinski definition) is 0. The van der Waals surface area contributed by atoms with E-state index in [2.05, 4.69) is 18.7 Å². The van der Waals surface area contributed by atoms with Crippen LogP contribution in [0, 0.1) is 11.8 Å². The van der Waals surface area contributed by atoms with Crippen LogP contribution in [0.1, 0.15) is 58.8 Å². The highest BCUT2D eigenvalue weighted by Gasteiger charge is 2.29. The van der Waals surface area contributed by atoms with Crippen molar-refractivity contribution in [3.8, 4) is 0 Å². The minimum absolute atomic E-state index is 0.257. The maximum Gasteiger partial charge on any atom is 0.226 e. The molecule has 3 nitrogen and oxygen atoms in total. The van der Waals surface area contributed by atoms with E-state index in [1.54, 1.807) is 0 Å². The SMILES string of the molecule is CCN(CC)C(=O)[C@@H]1CCCN(CC2CCCCC2)C1. The van der Waals surface area contributed by atoms with Gasteiger partial charge in [-0.15, -0.1) is 0 Å². The maximum absolute atomic E-state index is 12.5. The molecule has 0 aromatic rings. The van der Waals surface area contributed by atoms with Crippen molar-refractivity contribution in [1.82, 2.24) is 9.80 Å². The average Bonchev–Trinajstić information content (AvgIpc) is 2.49. The van der Waals surface area contributed by atoms with Crippen LogP contribution in [-0.4, -0.2) is 48.4 Å². The molecule has 1 amide bonds. The molecule has 0 bridgehead atoms. The number of carbonyl (C=O) groups excluding carboxylic acids is 1. The molecular weight excluding hydrogens is 248 g/mol. The summed E-state index contributed by atoms with van der Waals surface area (Å²) in [4.78, 5) is 17.1. The first kappa shape index (κ1) is 15.8. The molecule has 0 spiro atoms. The lowest BCUT2D eigenvalue weighted by Gasteiger charge is -2.37. The monoisotopic (exact) mass is 280 g/mol. The molecular formula is C17H32N2O. The molecule has 1 heterocycles. The van der Waals surface area contributed by atoms with Crippen LogP contribution >= 0.6 is 0 Å². The van der Waals surface area contributed by atoms with Gasteiger partial charge in [-0.05, 0) is 52.0 Å². The van der Waals surface area contributed by atoms with Gasteiger partial charge in [-0.3, -0.25) is 4.79 Å². The fraction of sp³-hybridized carbons (Fsp3) is 0.941. The Balaban J connectivity index is 1.82. The molecule has 0 aromatic carbocycles. The molecule has 1 saturated carbocycles. The van der Waals surface area contributed by atoms with Crippen LogP contribution in [-0.2, 0) is 4.79 Å². The second kappa shape index (κ2) is 8.02. The third-order valence-corrected chi connectivity index (χ3v) is 5.17. The Labute approximate surface area is 124 Å². The number of hydrogen-bond acceptors (Lipinski definition) is 2. The number of piperidine rings is 1. The Hall–Kier alpha value is -0.570. The summed E-state index contributed by atoms with van der Waals surface area (Å²) >= 11 is 0. The van der Waals surface area contributed by atoms with Gasteiger partial charge in [-0.1, -0.05) is 19.3 Å². The third kappa shape index (κ3) is 4.21. The van der Waals surface area contributed by atoms with Gasteiger partial charge in [0.25, 0.3) is 0 Å². The number of nitrogens with zero attached hydrogens (tertiary/aromatic N) is 2. The highest BCUT2D eigenvalue weighted by atomic mass is 16.2. The molecule has 3 heteroatoms. The molecule has 2 fully saturated rings. The highest BCUT2D eigenvalue weighted by Crippen LogP contribution is 2.26. The van der Waals surface area contributed by atoms with Crippen molar-refractivity contribution in [2.45, 2.75) is 58.8 Å². The van der Waals surface area contributed by atoms with Crippen LogP contribution in [0.2, 0.25) is 0 Å². The summed E-state index contributed by atoms with van der Waals surface area (Å²) in [5.41, 5.74) is 0. The fourth-order valence-electron chi connectivity index (χ4n) is 3.95. The van der Waals surface area contributed by atoms with Crippen molar-refractivity contribution >= 4 is 5.91 Å². The molecule has 1 saturated heterocycles. The van der Waals surface area contributed by atoms with Gasteiger partial charge in [-0.2, -0.15) is 0 Å². The summed E-state index contributed by atoms with van der Waals surface area (Å²) in [6, 6.07) is 0. The predicted octanol–water partition coefficient (Wildman–Crippen LogP) is 3.15. The highest BCUT2D eigenvalue weighted by molar-refractivity contribution is 5.79. The summed E-state index contributed by atoms with van der Waals surface area (Å²) in [5, 5.41) is 0. The van der Waals surface area contributed by atoms with Crippen molar-refractivity contribution in [1.29, 1.82) is 0 Å². The van der Waals surface area contributed by atoms with Gasteiger partial charge in [0.15, 0.2) is 0 Å². The van der Waals surface area contributed by atoms with Crippen LogP contribution in [0.25, 0.3) is 0 Å². The minimum Gasteiger partial charge on any atom is -0.343 e. The zero-order valence-corrected chi connectivity index (χ0v) is 13.4. The summed E-state index contributed by atoms with van der Waals surface area (Å²) in [6.45, 7) is 9.34. The lowest BCUT2D eigenvalue weighted by Crippen LogP contribution is -2.46. The molecule has 116 valence electrons. The molecule has 0 N–H and O–H groups in total. The van der Waals surface area contributed by atoms with E-state index in [0.717, 1.165) is 32.0 Å².